The second-order valence-electron chi connectivity index (χ2n) is 5.94. The van der Waals surface area contributed by atoms with Crippen molar-refractivity contribution in [2.24, 2.45) is 11.7 Å². The standard InChI is InChI=1S/C16H24N2O4S/c1-23(20,21)14-8-6-13(7-9-14)22-10-2-3-16(19)18-15(11-17)12-4-5-12/h6-9,12,15H,2-5,10-11,17H2,1H3,(H,18,19). The highest BCUT2D eigenvalue weighted by Crippen LogP contribution is 2.32. The summed E-state index contributed by atoms with van der Waals surface area (Å²) in [6.07, 6.45) is 4.45. The Kier molecular flexibility index (Phi) is 6.01. The second kappa shape index (κ2) is 7.79. The number of nitrogens with two attached hydrogens (primary N) is 1. The molecule has 6 nitrogen and oxygen atoms in total. The fraction of sp³-hybridized carbons (Fsp3) is 0.562. The van der Waals surface area contributed by atoms with Gasteiger partial charge < -0.3 is 15.8 Å². The number of hydrogen-bond donors (Lipinski definition) is 2. The molecule has 1 aromatic rings. The number of carbonyl (C=O) groups is 1. The number of hydrogen-bond acceptors (Lipinski definition) is 5. The lowest BCUT2D eigenvalue weighted by molar-refractivity contribution is -0.122. The van der Waals surface area contributed by atoms with E-state index in [1.54, 1.807) is 12.1 Å². The van der Waals surface area contributed by atoms with Gasteiger partial charge in [-0.1, -0.05) is 0 Å². The summed E-state index contributed by atoms with van der Waals surface area (Å²) in [5.41, 5.74) is 5.65. The number of nitrogens with one attached hydrogen (secondary N) is 1. The Morgan fingerprint density at radius 3 is 2.52 bits per heavy atom. The topological polar surface area (TPSA) is 98.5 Å². The van der Waals surface area contributed by atoms with Gasteiger partial charge >= 0.3 is 0 Å². The zero-order chi connectivity index (χ0) is 16.9. The molecule has 1 aliphatic carbocycles. The minimum Gasteiger partial charge on any atom is -0.494 e. The predicted molar refractivity (Wildman–Crippen MR) is 88.0 cm³/mol. The Bertz CT molecular complexity index is 624. The lowest BCUT2D eigenvalue weighted by Crippen LogP contribution is -2.41. The molecule has 2 rings (SSSR count). The normalized spacial score (nSPS) is 15.9. The van der Waals surface area contributed by atoms with Gasteiger partial charge in [-0.3, -0.25) is 4.79 Å². The highest BCUT2D eigenvalue weighted by atomic mass is 32.2. The number of amides is 1. The van der Waals surface area contributed by atoms with E-state index in [-0.39, 0.29) is 16.8 Å². The zero-order valence-corrected chi connectivity index (χ0v) is 14.1. The van der Waals surface area contributed by atoms with Gasteiger partial charge in [0.1, 0.15) is 5.75 Å². The molecule has 0 radical (unpaired) electrons. The average molecular weight is 340 g/mol. The first-order valence-electron chi connectivity index (χ1n) is 7.82. The first kappa shape index (κ1) is 17.7. The third-order valence-corrected chi connectivity index (χ3v) is 4.99. The van der Waals surface area contributed by atoms with E-state index in [4.69, 9.17) is 10.5 Å². The van der Waals surface area contributed by atoms with Gasteiger partial charge in [-0.2, -0.15) is 0 Å². The van der Waals surface area contributed by atoms with Crippen LogP contribution in [0.2, 0.25) is 0 Å². The molecule has 0 aromatic heterocycles. The van der Waals surface area contributed by atoms with Gasteiger partial charge in [-0.15, -0.1) is 0 Å². The first-order valence-corrected chi connectivity index (χ1v) is 9.71. The van der Waals surface area contributed by atoms with Crippen LogP contribution in [0.3, 0.4) is 0 Å². The van der Waals surface area contributed by atoms with Crippen LogP contribution in [0.1, 0.15) is 25.7 Å². The van der Waals surface area contributed by atoms with E-state index in [1.165, 1.54) is 12.1 Å². The maximum absolute atomic E-state index is 11.8. The number of ether oxygens (including phenoxy) is 1. The SMILES string of the molecule is CS(=O)(=O)c1ccc(OCCCC(=O)NC(CN)C2CC2)cc1. The second-order valence-corrected chi connectivity index (χ2v) is 7.96. The quantitative estimate of drug-likeness (QED) is 0.656. The van der Waals surface area contributed by atoms with Crippen LogP contribution >= 0.6 is 0 Å². The van der Waals surface area contributed by atoms with Gasteiger partial charge in [0, 0.05) is 25.3 Å². The fourth-order valence-corrected chi connectivity index (χ4v) is 2.98. The van der Waals surface area contributed by atoms with Crippen LogP contribution in [-0.4, -0.2) is 39.8 Å². The van der Waals surface area contributed by atoms with Crippen LogP contribution in [0.4, 0.5) is 0 Å². The third-order valence-electron chi connectivity index (χ3n) is 3.86. The van der Waals surface area contributed by atoms with Gasteiger partial charge in [-0.05, 0) is 49.4 Å². The molecule has 128 valence electrons. The molecule has 0 aliphatic heterocycles. The van der Waals surface area contributed by atoms with E-state index in [0.29, 0.717) is 37.7 Å². The minimum absolute atomic E-state index is 0.00312. The van der Waals surface area contributed by atoms with Crippen LogP contribution in [-0.2, 0) is 14.6 Å². The van der Waals surface area contributed by atoms with Crippen molar-refractivity contribution in [3.63, 3.8) is 0 Å². The summed E-state index contributed by atoms with van der Waals surface area (Å²) in [5.74, 6) is 1.15. The molecule has 1 aliphatic rings. The van der Waals surface area contributed by atoms with Crippen molar-refractivity contribution in [3.8, 4) is 5.75 Å². The predicted octanol–water partition coefficient (Wildman–Crippen LogP) is 1.10. The summed E-state index contributed by atoms with van der Waals surface area (Å²) >= 11 is 0. The number of carbonyl (C=O) groups excluding carboxylic acids is 1. The van der Waals surface area contributed by atoms with E-state index in [9.17, 15) is 13.2 Å². The summed E-state index contributed by atoms with van der Waals surface area (Å²) in [6.45, 7) is 0.891. The highest BCUT2D eigenvalue weighted by molar-refractivity contribution is 7.90. The zero-order valence-electron chi connectivity index (χ0n) is 13.3. The third kappa shape index (κ3) is 5.84. The molecule has 1 amide bonds. The molecule has 1 aromatic carbocycles. The maximum Gasteiger partial charge on any atom is 0.220 e. The number of sulfone groups is 1. The van der Waals surface area contributed by atoms with Crippen molar-refractivity contribution in [3.05, 3.63) is 24.3 Å². The Morgan fingerprint density at radius 1 is 1.35 bits per heavy atom. The molecule has 23 heavy (non-hydrogen) atoms. The molecule has 1 unspecified atom stereocenters. The fourth-order valence-electron chi connectivity index (χ4n) is 2.35. The summed E-state index contributed by atoms with van der Waals surface area (Å²) < 4.78 is 28.2. The van der Waals surface area contributed by atoms with Gasteiger partial charge in [0.05, 0.1) is 11.5 Å². The largest absolute Gasteiger partial charge is 0.494 e. The van der Waals surface area contributed by atoms with Gasteiger partial charge in [-0.25, -0.2) is 8.42 Å². The Morgan fingerprint density at radius 2 is 2.00 bits per heavy atom. The van der Waals surface area contributed by atoms with Crippen molar-refractivity contribution in [2.75, 3.05) is 19.4 Å². The van der Waals surface area contributed by atoms with Crippen molar-refractivity contribution in [2.45, 2.75) is 36.6 Å². The van der Waals surface area contributed by atoms with Gasteiger partial charge in [0.2, 0.25) is 5.91 Å². The average Bonchev–Trinajstić information content (AvgIpc) is 3.33. The first-order chi connectivity index (χ1) is 10.9. The van der Waals surface area contributed by atoms with E-state index >= 15 is 0 Å². The molecular weight excluding hydrogens is 316 g/mol. The Hall–Kier alpha value is -1.60. The lowest BCUT2D eigenvalue weighted by atomic mass is 10.2. The maximum atomic E-state index is 11.8. The smallest absolute Gasteiger partial charge is 0.220 e. The van der Waals surface area contributed by atoms with E-state index in [2.05, 4.69) is 5.32 Å². The van der Waals surface area contributed by atoms with Crippen molar-refractivity contribution >= 4 is 15.7 Å². The number of rotatable bonds is 9. The molecule has 0 bridgehead atoms. The van der Waals surface area contributed by atoms with E-state index in [0.717, 1.165) is 19.1 Å². The molecule has 0 spiro atoms. The van der Waals surface area contributed by atoms with Crippen LogP contribution in [0.5, 0.6) is 5.75 Å². The van der Waals surface area contributed by atoms with Gasteiger partial charge in [0.15, 0.2) is 9.84 Å². The highest BCUT2D eigenvalue weighted by Gasteiger charge is 2.30. The van der Waals surface area contributed by atoms with Crippen LogP contribution < -0.4 is 15.8 Å². The molecular formula is C16H24N2O4S. The summed E-state index contributed by atoms with van der Waals surface area (Å²) in [5, 5.41) is 2.97. The Balaban J connectivity index is 1.67. The molecule has 3 N–H and O–H groups in total. The van der Waals surface area contributed by atoms with E-state index < -0.39 is 9.84 Å². The van der Waals surface area contributed by atoms with Crippen LogP contribution in [0.15, 0.2) is 29.2 Å². The van der Waals surface area contributed by atoms with Crippen molar-refractivity contribution in [1.29, 1.82) is 0 Å². The monoisotopic (exact) mass is 340 g/mol. The summed E-state index contributed by atoms with van der Waals surface area (Å²) in [6, 6.07) is 6.37. The molecule has 7 heteroatoms. The summed E-state index contributed by atoms with van der Waals surface area (Å²) in [7, 11) is -3.19. The minimum atomic E-state index is -3.19. The number of benzene rings is 1. The van der Waals surface area contributed by atoms with Crippen LogP contribution in [0.25, 0.3) is 0 Å². The Labute approximate surface area is 137 Å². The lowest BCUT2D eigenvalue weighted by Gasteiger charge is -2.15. The summed E-state index contributed by atoms with van der Waals surface area (Å²) in [4.78, 5) is 12.1. The van der Waals surface area contributed by atoms with Crippen molar-refractivity contribution < 1.29 is 17.9 Å². The molecule has 0 heterocycles. The van der Waals surface area contributed by atoms with Gasteiger partial charge in [0.25, 0.3) is 0 Å². The molecule has 1 atom stereocenters. The molecule has 1 fully saturated rings. The van der Waals surface area contributed by atoms with Crippen molar-refractivity contribution in [1.82, 2.24) is 5.32 Å². The van der Waals surface area contributed by atoms with E-state index in [1.807, 2.05) is 0 Å². The molecule has 0 saturated heterocycles. The van der Waals surface area contributed by atoms with Crippen LogP contribution in [0, 0.1) is 5.92 Å². The molecule has 1 saturated carbocycles.